The molecule has 0 aliphatic heterocycles. The number of nitrogens with zero attached hydrogens (tertiary/aromatic N) is 3. The molecule has 0 N–H and O–H groups in total. The van der Waals surface area contributed by atoms with Gasteiger partial charge in [0.15, 0.2) is 15.6 Å². The Labute approximate surface area is 225 Å². The molecule has 0 radical (unpaired) electrons. The molecule has 0 amide bonds. The van der Waals surface area contributed by atoms with Crippen molar-refractivity contribution in [3.63, 3.8) is 0 Å². The number of furan rings is 1. The van der Waals surface area contributed by atoms with Crippen molar-refractivity contribution in [2.24, 2.45) is 5.92 Å². The van der Waals surface area contributed by atoms with Crippen LogP contribution < -0.4 is 5.56 Å². The van der Waals surface area contributed by atoms with Crippen molar-refractivity contribution in [3.05, 3.63) is 93.7 Å². The van der Waals surface area contributed by atoms with Gasteiger partial charge in [-0.15, -0.1) is 0 Å². The molecule has 0 atom stereocenters. The summed E-state index contributed by atoms with van der Waals surface area (Å²) >= 11 is 0. The van der Waals surface area contributed by atoms with Crippen LogP contribution in [0.15, 0.2) is 69.2 Å². The van der Waals surface area contributed by atoms with Crippen LogP contribution in [-0.4, -0.2) is 23.7 Å². The molecule has 0 aliphatic carbocycles. The molecule has 7 nitrogen and oxygen atoms in total. The predicted molar refractivity (Wildman–Crippen MR) is 134 cm³/mol. The molecule has 0 bridgehead atoms. The van der Waals surface area contributed by atoms with Crippen molar-refractivity contribution in [3.8, 4) is 28.7 Å². The lowest BCUT2D eigenvalue weighted by atomic mass is 10.1. The van der Waals surface area contributed by atoms with E-state index in [-0.39, 0.29) is 39.0 Å². The van der Waals surface area contributed by atoms with Crippen LogP contribution in [0.25, 0.3) is 22.6 Å². The molecule has 13 heteroatoms. The standard InChI is InChI=1S/C27H20F5N3O4S/c1-15(2)14-40(37,38)20-5-17(10-34-11-20)18-6-25(39-13-18)24-8-22(27(30,31)32)21(9-33)26(36)35(24)12-16-3-4-19(28)7-23(16)29/h3-8,10-11,13,15H,12,14H2,1-2H3. The highest BCUT2D eigenvalue weighted by Gasteiger charge is 2.37. The molecule has 208 valence electrons. The van der Waals surface area contributed by atoms with Gasteiger partial charge in [-0.3, -0.25) is 14.3 Å². The van der Waals surface area contributed by atoms with Crippen LogP contribution in [0, 0.1) is 28.9 Å². The third kappa shape index (κ3) is 5.81. The Hall–Kier alpha value is -4.31. The van der Waals surface area contributed by atoms with Gasteiger partial charge in [-0.2, -0.15) is 18.4 Å². The summed E-state index contributed by atoms with van der Waals surface area (Å²) in [7, 11) is -3.68. The predicted octanol–water partition coefficient (Wildman–Crippen LogP) is 5.82. The van der Waals surface area contributed by atoms with Crippen molar-refractivity contribution >= 4 is 9.84 Å². The number of sulfone groups is 1. The molecule has 40 heavy (non-hydrogen) atoms. The van der Waals surface area contributed by atoms with E-state index in [1.165, 1.54) is 30.6 Å². The van der Waals surface area contributed by atoms with Crippen LogP contribution in [0.5, 0.6) is 0 Å². The Morgan fingerprint density at radius 2 is 1.80 bits per heavy atom. The van der Waals surface area contributed by atoms with E-state index in [1.807, 2.05) is 0 Å². The maximum absolute atomic E-state index is 14.4. The molecule has 3 heterocycles. The number of hydrogen-bond donors (Lipinski definition) is 0. The van der Waals surface area contributed by atoms with E-state index in [1.54, 1.807) is 13.8 Å². The van der Waals surface area contributed by atoms with E-state index >= 15 is 0 Å². The van der Waals surface area contributed by atoms with Crippen molar-refractivity contribution < 1.29 is 34.8 Å². The van der Waals surface area contributed by atoms with Crippen LogP contribution in [0.3, 0.4) is 0 Å². The van der Waals surface area contributed by atoms with Gasteiger partial charge in [0, 0.05) is 35.2 Å². The highest BCUT2D eigenvalue weighted by molar-refractivity contribution is 7.91. The zero-order valence-electron chi connectivity index (χ0n) is 21.0. The highest BCUT2D eigenvalue weighted by atomic mass is 32.2. The second kappa shape index (κ2) is 10.7. The molecule has 3 aromatic heterocycles. The summed E-state index contributed by atoms with van der Waals surface area (Å²) in [6.07, 6.45) is -1.46. The molecular formula is C27H20F5N3O4S. The van der Waals surface area contributed by atoms with Gasteiger partial charge in [0.1, 0.15) is 23.3 Å². The summed E-state index contributed by atoms with van der Waals surface area (Å²) in [6, 6.07) is 6.87. The quantitative estimate of drug-likeness (QED) is 0.257. The fourth-order valence-electron chi connectivity index (χ4n) is 4.06. The number of pyridine rings is 2. The van der Waals surface area contributed by atoms with Gasteiger partial charge in [-0.1, -0.05) is 19.9 Å². The summed E-state index contributed by atoms with van der Waals surface area (Å²) in [5, 5.41) is 9.34. The zero-order valence-corrected chi connectivity index (χ0v) is 21.8. The number of rotatable bonds is 7. The molecule has 1 aromatic carbocycles. The van der Waals surface area contributed by atoms with E-state index in [2.05, 4.69) is 4.98 Å². The lowest BCUT2D eigenvalue weighted by Crippen LogP contribution is -2.29. The van der Waals surface area contributed by atoms with Crippen molar-refractivity contribution in [2.45, 2.75) is 31.5 Å². The minimum Gasteiger partial charge on any atom is -0.462 e. The number of benzene rings is 1. The summed E-state index contributed by atoms with van der Waals surface area (Å²) in [5.41, 5.74) is -4.27. The minimum atomic E-state index is -5.09. The summed E-state index contributed by atoms with van der Waals surface area (Å²) in [6.45, 7) is 2.83. The Balaban J connectivity index is 1.88. The van der Waals surface area contributed by atoms with Crippen molar-refractivity contribution in [2.75, 3.05) is 5.75 Å². The van der Waals surface area contributed by atoms with E-state index in [9.17, 15) is 40.4 Å². The SMILES string of the molecule is CC(C)CS(=O)(=O)c1cncc(-c2coc(-c3cc(C(F)(F)F)c(C#N)c(=O)n3Cc3ccc(F)cc3F)c2)c1. The van der Waals surface area contributed by atoms with Crippen molar-refractivity contribution in [1.29, 1.82) is 5.26 Å². The molecule has 4 aromatic rings. The fraction of sp³-hybridized carbons (Fsp3) is 0.222. The lowest BCUT2D eigenvalue weighted by molar-refractivity contribution is -0.137. The average Bonchev–Trinajstić information content (AvgIpc) is 3.35. The number of halogens is 5. The Morgan fingerprint density at radius 3 is 2.42 bits per heavy atom. The largest absolute Gasteiger partial charge is 0.462 e. The third-order valence-electron chi connectivity index (χ3n) is 5.87. The number of nitriles is 1. The number of hydrogen-bond acceptors (Lipinski definition) is 6. The average molecular weight is 578 g/mol. The normalized spacial score (nSPS) is 12.1. The molecule has 0 saturated carbocycles. The van der Waals surface area contributed by atoms with Crippen LogP contribution >= 0.6 is 0 Å². The van der Waals surface area contributed by atoms with Gasteiger partial charge >= 0.3 is 6.18 Å². The van der Waals surface area contributed by atoms with Gasteiger partial charge in [0.2, 0.25) is 0 Å². The summed E-state index contributed by atoms with van der Waals surface area (Å²) < 4.78 is 101. The van der Waals surface area contributed by atoms with Gasteiger partial charge < -0.3 is 4.42 Å². The maximum Gasteiger partial charge on any atom is 0.417 e. The van der Waals surface area contributed by atoms with Crippen LogP contribution in [0.1, 0.15) is 30.5 Å². The van der Waals surface area contributed by atoms with Crippen LogP contribution in [0.4, 0.5) is 22.0 Å². The number of aromatic nitrogens is 2. The first kappa shape index (κ1) is 28.7. The first-order valence-corrected chi connectivity index (χ1v) is 13.3. The molecule has 0 saturated heterocycles. The second-order valence-electron chi connectivity index (χ2n) is 9.34. The topological polar surface area (TPSA) is 106 Å². The first-order valence-electron chi connectivity index (χ1n) is 11.7. The third-order valence-corrected chi connectivity index (χ3v) is 7.92. The molecule has 4 rings (SSSR count). The lowest BCUT2D eigenvalue weighted by Gasteiger charge is -2.16. The van der Waals surface area contributed by atoms with Gasteiger partial charge in [0.25, 0.3) is 5.56 Å². The highest BCUT2D eigenvalue weighted by Crippen LogP contribution is 2.35. The molecule has 0 aliphatic rings. The van der Waals surface area contributed by atoms with E-state index in [0.29, 0.717) is 16.7 Å². The monoisotopic (exact) mass is 577 g/mol. The van der Waals surface area contributed by atoms with E-state index in [0.717, 1.165) is 18.4 Å². The zero-order chi connectivity index (χ0) is 29.4. The van der Waals surface area contributed by atoms with E-state index in [4.69, 9.17) is 4.42 Å². The molecular weight excluding hydrogens is 557 g/mol. The summed E-state index contributed by atoms with van der Waals surface area (Å²) in [5.74, 6) is -2.51. The van der Waals surface area contributed by atoms with E-state index < -0.39 is 56.6 Å². The minimum absolute atomic E-state index is 0.0668. The Bertz CT molecular complexity index is 1800. The maximum atomic E-state index is 14.4. The van der Waals surface area contributed by atoms with Crippen LogP contribution in [0.2, 0.25) is 0 Å². The molecule has 0 fully saturated rings. The number of alkyl halides is 3. The second-order valence-corrected chi connectivity index (χ2v) is 11.4. The Morgan fingerprint density at radius 1 is 1.07 bits per heavy atom. The Kier molecular flexibility index (Phi) is 7.67. The molecule has 0 spiro atoms. The summed E-state index contributed by atoms with van der Waals surface area (Å²) in [4.78, 5) is 17.0. The van der Waals surface area contributed by atoms with Crippen LogP contribution in [-0.2, 0) is 22.6 Å². The fourth-order valence-corrected chi connectivity index (χ4v) is 5.66. The van der Waals surface area contributed by atoms with Gasteiger partial charge in [0.05, 0.1) is 34.7 Å². The van der Waals surface area contributed by atoms with Crippen molar-refractivity contribution in [1.82, 2.24) is 9.55 Å². The molecule has 0 unspecified atom stereocenters. The van der Waals surface area contributed by atoms with Gasteiger partial charge in [-0.05, 0) is 30.2 Å². The smallest absolute Gasteiger partial charge is 0.417 e. The van der Waals surface area contributed by atoms with Gasteiger partial charge in [-0.25, -0.2) is 17.2 Å². The first-order chi connectivity index (χ1) is 18.7.